The van der Waals surface area contributed by atoms with Crippen molar-refractivity contribution in [3.63, 3.8) is 0 Å². The molecule has 1 aliphatic rings. The number of amidine groups is 1. The van der Waals surface area contributed by atoms with Crippen molar-refractivity contribution in [3.8, 4) is 5.75 Å². The zero-order valence-electron chi connectivity index (χ0n) is 13.4. The third-order valence-electron chi connectivity index (χ3n) is 3.72. The van der Waals surface area contributed by atoms with Crippen molar-refractivity contribution in [1.82, 2.24) is 4.90 Å². The van der Waals surface area contributed by atoms with Crippen LogP contribution < -0.4 is 4.74 Å². The van der Waals surface area contributed by atoms with Crippen LogP contribution in [0, 0.1) is 6.92 Å². The maximum Gasteiger partial charge on any atom is 0.159 e. The Morgan fingerprint density at radius 1 is 1.13 bits per heavy atom. The quantitative estimate of drug-likeness (QED) is 0.803. The van der Waals surface area contributed by atoms with Crippen molar-refractivity contribution in [2.24, 2.45) is 4.99 Å². The van der Waals surface area contributed by atoms with Gasteiger partial charge in [0.1, 0.15) is 12.4 Å². The minimum atomic E-state index is 0.689. The number of aliphatic imine (C=N–C) groups is 1. The van der Waals surface area contributed by atoms with Crippen molar-refractivity contribution < 1.29 is 4.74 Å². The van der Waals surface area contributed by atoms with Crippen LogP contribution in [-0.4, -0.2) is 36.3 Å². The fraction of sp³-hybridized carbons (Fsp3) is 0.316. The summed E-state index contributed by atoms with van der Waals surface area (Å²) in [6.45, 7) is 5.54. The minimum Gasteiger partial charge on any atom is -0.492 e. The number of ether oxygens (including phenoxy) is 1. The maximum atomic E-state index is 5.85. The Morgan fingerprint density at radius 3 is 2.83 bits per heavy atom. The molecule has 2 aromatic carbocycles. The molecular formula is C19H22N2OS. The molecule has 0 fully saturated rings. The highest BCUT2D eigenvalue weighted by Gasteiger charge is 2.17. The van der Waals surface area contributed by atoms with E-state index in [4.69, 9.17) is 4.74 Å². The molecule has 23 heavy (non-hydrogen) atoms. The zero-order chi connectivity index (χ0) is 15.9. The van der Waals surface area contributed by atoms with Crippen LogP contribution in [0.4, 0.5) is 0 Å². The van der Waals surface area contributed by atoms with Gasteiger partial charge in [0.15, 0.2) is 5.17 Å². The first-order valence-electron chi connectivity index (χ1n) is 7.97. The average molecular weight is 326 g/mol. The fourth-order valence-electron chi connectivity index (χ4n) is 2.51. The van der Waals surface area contributed by atoms with E-state index >= 15 is 0 Å². The predicted octanol–water partition coefficient (Wildman–Crippen LogP) is 3.98. The summed E-state index contributed by atoms with van der Waals surface area (Å²) in [5.74, 6) is 1.91. The molecule has 0 radical (unpaired) electrons. The molecule has 0 unspecified atom stereocenters. The Bertz CT molecular complexity index is 657. The largest absolute Gasteiger partial charge is 0.492 e. The second-order valence-corrected chi connectivity index (χ2v) is 6.53. The number of nitrogens with zero attached hydrogens (tertiary/aromatic N) is 2. The van der Waals surface area contributed by atoms with Crippen LogP contribution >= 0.6 is 11.8 Å². The SMILES string of the molecule is Cc1cccc(OCCN2CCN=C2SCc2ccccc2)c1. The van der Waals surface area contributed by atoms with Gasteiger partial charge in [-0.15, -0.1) is 0 Å². The van der Waals surface area contributed by atoms with Gasteiger partial charge in [-0.25, -0.2) is 0 Å². The van der Waals surface area contributed by atoms with E-state index < -0.39 is 0 Å². The van der Waals surface area contributed by atoms with E-state index in [2.05, 4.69) is 59.3 Å². The number of rotatable bonds is 6. The number of hydrogen-bond acceptors (Lipinski definition) is 4. The second-order valence-electron chi connectivity index (χ2n) is 5.59. The van der Waals surface area contributed by atoms with Crippen molar-refractivity contribution >= 4 is 16.9 Å². The summed E-state index contributed by atoms with van der Waals surface area (Å²) in [6, 6.07) is 18.7. The van der Waals surface area contributed by atoms with E-state index in [1.165, 1.54) is 11.1 Å². The molecule has 3 rings (SSSR count). The molecule has 0 amide bonds. The van der Waals surface area contributed by atoms with Crippen LogP contribution in [0.25, 0.3) is 0 Å². The first kappa shape index (κ1) is 15.9. The normalized spacial score (nSPS) is 14.0. The predicted molar refractivity (Wildman–Crippen MR) is 98.3 cm³/mol. The Balaban J connectivity index is 1.45. The standard InChI is InChI=1S/C19H22N2OS/c1-16-6-5-9-18(14-16)22-13-12-21-11-10-20-19(21)23-15-17-7-3-2-4-8-17/h2-9,14H,10-13,15H2,1H3. The number of hydrogen-bond donors (Lipinski definition) is 0. The molecule has 2 aromatic rings. The van der Waals surface area contributed by atoms with Crippen molar-refractivity contribution in [2.75, 3.05) is 26.2 Å². The molecule has 3 nitrogen and oxygen atoms in total. The minimum absolute atomic E-state index is 0.689. The summed E-state index contributed by atoms with van der Waals surface area (Å²) in [5, 5.41) is 1.14. The summed E-state index contributed by atoms with van der Waals surface area (Å²) >= 11 is 1.81. The number of thioether (sulfide) groups is 1. The van der Waals surface area contributed by atoms with Crippen molar-refractivity contribution in [1.29, 1.82) is 0 Å². The van der Waals surface area contributed by atoms with E-state index in [-0.39, 0.29) is 0 Å². The summed E-state index contributed by atoms with van der Waals surface area (Å²) < 4.78 is 5.85. The highest BCUT2D eigenvalue weighted by Crippen LogP contribution is 2.19. The topological polar surface area (TPSA) is 24.8 Å². The molecular weight excluding hydrogens is 304 g/mol. The maximum absolute atomic E-state index is 5.85. The lowest BCUT2D eigenvalue weighted by molar-refractivity contribution is 0.277. The van der Waals surface area contributed by atoms with Gasteiger partial charge in [0.2, 0.25) is 0 Å². The zero-order valence-corrected chi connectivity index (χ0v) is 14.3. The molecule has 0 spiro atoms. The number of benzene rings is 2. The highest BCUT2D eigenvalue weighted by molar-refractivity contribution is 8.13. The smallest absolute Gasteiger partial charge is 0.159 e. The van der Waals surface area contributed by atoms with Crippen LogP contribution in [0.2, 0.25) is 0 Å². The lowest BCUT2D eigenvalue weighted by Gasteiger charge is -2.20. The summed E-state index contributed by atoms with van der Waals surface area (Å²) in [4.78, 5) is 6.94. The Morgan fingerprint density at radius 2 is 2.00 bits per heavy atom. The first-order valence-corrected chi connectivity index (χ1v) is 8.95. The monoisotopic (exact) mass is 326 g/mol. The van der Waals surface area contributed by atoms with E-state index in [0.717, 1.165) is 36.3 Å². The second kappa shape index (κ2) is 8.06. The van der Waals surface area contributed by atoms with Gasteiger partial charge < -0.3 is 9.64 Å². The molecule has 1 aliphatic heterocycles. The molecule has 0 N–H and O–H groups in total. The van der Waals surface area contributed by atoms with Gasteiger partial charge in [0.05, 0.1) is 13.1 Å². The molecule has 0 bridgehead atoms. The van der Waals surface area contributed by atoms with Gasteiger partial charge in [-0.1, -0.05) is 54.2 Å². The molecule has 0 aliphatic carbocycles. The fourth-order valence-corrected chi connectivity index (χ4v) is 3.54. The van der Waals surface area contributed by atoms with E-state index in [1.54, 1.807) is 0 Å². The molecule has 120 valence electrons. The third kappa shape index (κ3) is 4.76. The molecule has 0 aromatic heterocycles. The Kier molecular flexibility index (Phi) is 5.59. The van der Waals surface area contributed by atoms with Gasteiger partial charge >= 0.3 is 0 Å². The summed E-state index contributed by atoms with van der Waals surface area (Å²) in [6.07, 6.45) is 0. The molecule has 0 saturated carbocycles. The molecule has 4 heteroatoms. The third-order valence-corrected chi connectivity index (χ3v) is 4.84. The van der Waals surface area contributed by atoms with Crippen molar-refractivity contribution in [2.45, 2.75) is 12.7 Å². The molecule has 0 saturated heterocycles. The Labute approximate surface area is 142 Å². The van der Waals surface area contributed by atoms with Gasteiger partial charge in [-0.05, 0) is 30.2 Å². The van der Waals surface area contributed by atoms with E-state index in [1.807, 2.05) is 23.9 Å². The highest BCUT2D eigenvalue weighted by atomic mass is 32.2. The Hall–Kier alpha value is -1.94. The van der Waals surface area contributed by atoms with Gasteiger partial charge in [0.25, 0.3) is 0 Å². The van der Waals surface area contributed by atoms with Gasteiger partial charge in [0, 0.05) is 12.3 Å². The van der Waals surface area contributed by atoms with Gasteiger partial charge in [-0.2, -0.15) is 0 Å². The van der Waals surface area contributed by atoms with E-state index in [0.29, 0.717) is 6.61 Å². The first-order chi connectivity index (χ1) is 11.3. The lowest BCUT2D eigenvalue weighted by atomic mass is 10.2. The summed E-state index contributed by atoms with van der Waals surface area (Å²) in [5.41, 5.74) is 2.56. The average Bonchev–Trinajstić information content (AvgIpc) is 3.01. The number of aryl methyl sites for hydroxylation is 1. The van der Waals surface area contributed by atoms with Crippen LogP contribution in [0.5, 0.6) is 5.75 Å². The van der Waals surface area contributed by atoms with E-state index in [9.17, 15) is 0 Å². The van der Waals surface area contributed by atoms with Crippen molar-refractivity contribution in [3.05, 3.63) is 65.7 Å². The molecule has 0 atom stereocenters. The van der Waals surface area contributed by atoms with Gasteiger partial charge in [-0.3, -0.25) is 4.99 Å². The van der Waals surface area contributed by atoms with Crippen LogP contribution in [-0.2, 0) is 5.75 Å². The van der Waals surface area contributed by atoms with Crippen LogP contribution in [0.1, 0.15) is 11.1 Å². The molecule has 1 heterocycles. The lowest BCUT2D eigenvalue weighted by Crippen LogP contribution is -2.30. The van der Waals surface area contributed by atoms with Crippen LogP contribution in [0.3, 0.4) is 0 Å². The summed E-state index contributed by atoms with van der Waals surface area (Å²) in [7, 11) is 0. The van der Waals surface area contributed by atoms with Crippen LogP contribution in [0.15, 0.2) is 59.6 Å².